The lowest BCUT2D eigenvalue weighted by Crippen LogP contribution is -2.32. The van der Waals surface area contributed by atoms with Crippen molar-refractivity contribution in [2.24, 2.45) is 0 Å². The fourth-order valence-corrected chi connectivity index (χ4v) is 1.10. The molecule has 72 valence electrons. The van der Waals surface area contributed by atoms with Crippen molar-refractivity contribution in [3.05, 3.63) is 11.1 Å². The molecule has 13 heavy (non-hydrogen) atoms. The number of amides is 2. The van der Waals surface area contributed by atoms with Gasteiger partial charge in [-0.15, -0.1) is 5.06 Å². The van der Waals surface area contributed by atoms with Crippen molar-refractivity contribution in [3.8, 4) is 0 Å². The van der Waals surface area contributed by atoms with E-state index in [1.165, 1.54) is 13.8 Å². The molecule has 0 saturated carbocycles. The molecule has 0 aromatic rings. The van der Waals surface area contributed by atoms with Crippen molar-refractivity contribution >= 4 is 23.2 Å². The summed E-state index contributed by atoms with van der Waals surface area (Å²) in [6.45, 7) is 2.85. The molecule has 0 radical (unpaired) electrons. The second-order valence-electron chi connectivity index (χ2n) is 2.43. The van der Waals surface area contributed by atoms with Gasteiger partial charge in [-0.25, -0.2) is 4.21 Å². The fourth-order valence-electron chi connectivity index (χ4n) is 0.846. The average Bonchev–Trinajstić information content (AvgIpc) is 2.22. The Bertz CT molecular complexity index is 310. The van der Waals surface area contributed by atoms with E-state index in [1.807, 2.05) is 0 Å². The van der Waals surface area contributed by atoms with Gasteiger partial charge in [0.2, 0.25) is 0 Å². The molecule has 1 heterocycles. The fraction of sp³-hybridized carbons (Fsp3) is 0.333. The van der Waals surface area contributed by atoms with Crippen LogP contribution < -0.4 is 0 Å². The van der Waals surface area contributed by atoms with Crippen LogP contribution in [0.5, 0.6) is 0 Å². The average molecular weight is 204 g/mol. The number of hydrogen-bond donors (Lipinski definition) is 0. The van der Waals surface area contributed by atoms with Gasteiger partial charge in [0.05, 0.1) is 0 Å². The second kappa shape index (κ2) is 3.36. The maximum atomic E-state index is 11.1. The molecule has 1 rings (SSSR count). The molecule has 0 aromatic heterocycles. The minimum Gasteiger partial charge on any atom is -0.748 e. The molecule has 7 heteroatoms. The van der Waals surface area contributed by atoms with Crippen LogP contribution in [0.3, 0.4) is 0 Å². The van der Waals surface area contributed by atoms with Gasteiger partial charge in [0, 0.05) is 11.1 Å². The maximum absolute atomic E-state index is 11.1. The summed E-state index contributed by atoms with van der Waals surface area (Å²) < 4.78 is 24.1. The lowest BCUT2D eigenvalue weighted by Gasteiger charge is -2.14. The molecule has 0 saturated heterocycles. The number of imide groups is 1. The Hall–Kier alpha value is -1.05. The van der Waals surface area contributed by atoms with Crippen LogP contribution in [-0.2, 0) is 25.2 Å². The third-order valence-corrected chi connectivity index (χ3v) is 1.98. The Labute approximate surface area is 76.6 Å². The van der Waals surface area contributed by atoms with E-state index in [-0.39, 0.29) is 16.2 Å². The molecule has 0 aliphatic carbocycles. The molecule has 1 aliphatic heterocycles. The third-order valence-electron chi connectivity index (χ3n) is 1.71. The summed E-state index contributed by atoms with van der Waals surface area (Å²) in [7, 11) is 0. The first kappa shape index (κ1) is 10.0. The van der Waals surface area contributed by atoms with E-state index in [0.29, 0.717) is 0 Å². The van der Waals surface area contributed by atoms with Gasteiger partial charge >= 0.3 is 0 Å². The number of carbonyl (C=O) groups excluding carboxylic acids is 2. The molecule has 0 spiro atoms. The van der Waals surface area contributed by atoms with Crippen LogP contribution in [0.4, 0.5) is 0 Å². The minimum absolute atomic E-state index is 0.190. The summed E-state index contributed by atoms with van der Waals surface area (Å²) >= 11 is -2.92. The molecule has 0 fully saturated rings. The first-order valence-electron chi connectivity index (χ1n) is 3.29. The monoisotopic (exact) mass is 204 g/mol. The van der Waals surface area contributed by atoms with E-state index in [0.717, 1.165) is 0 Å². The molecule has 0 bridgehead atoms. The highest BCUT2D eigenvalue weighted by atomic mass is 32.2. The zero-order chi connectivity index (χ0) is 10.2. The molecular weight excluding hydrogens is 198 g/mol. The van der Waals surface area contributed by atoms with Crippen molar-refractivity contribution in [2.45, 2.75) is 13.8 Å². The quantitative estimate of drug-likeness (QED) is 0.443. The summed E-state index contributed by atoms with van der Waals surface area (Å²) in [5, 5.41) is 0.216. The molecule has 0 N–H and O–H groups in total. The summed E-state index contributed by atoms with van der Waals surface area (Å²) in [5.74, 6) is -1.49. The summed E-state index contributed by atoms with van der Waals surface area (Å²) in [6, 6.07) is 0. The number of rotatable bonds is 2. The van der Waals surface area contributed by atoms with Crippen LogP contribution in [-0.4, -0.2) is 25.6 Å². The summed E-state index contributed by atoms with van der Waals surface area (Å²) in [5.41, 5.74) is 0.380. The van der Waals surface area contributed by atoms with Crippen molar-refractivity contribution < 1.29 is 22.6 Å². The van der Waals surface area contributed by atoms with Gasteiger partial charge in [-0.3, -0.25) is 9.59 Å². The Morgan fingerprint density at radius 1 is 1.23 bits per heavy atom. The van der Waals surface area contributed by atoms with Crippen molar-refractivity contribution in [3.63, 3.8) is 0 Å². The standard InChI is InChI=1S/C6H7NO5S/c1-3-4(2)6(9)7(5(3)8)12-13(10)11/h1-2H3,(H,10,11)/p-1. The van der Waals surface area contributed by atoms with Crippen molar-refractivity contribution in [1.82, 2.24) is 5.06 Å². The largest absolute Gasteiger partial charge is 0.748 e. The van der Waals surface area contributed by atoms with Crippen LogP contribution in [0.1, 0.15) is 13.8 Å². The number of nitrogens with zero attached hydrogens (tertiary/aromatic N) is 1. The van der Waals surface area contributed by atoms with E-state index >= 15 is 0 Å². The van der Waals surface area contributed by atoms with E-state index in [4.69, 9.17) is 0 Å². The highest BCUT2D eigenvalue weighted by molar-refractivity contribution is 7.74. The predicted octanol–water partition coefficient (Wildman–Crippen LogP) is -0.583. The second-order valence-corrected chi connectivity index (χ2v) is 2.99. The van der Waals surface area contributed by atoms with Crippen LogP contribution in [0.15, 0.2) is 11.1 Å². The molecule has 6 nitrogen and oxygen atoms in total. The normalized spacial score (nSPS) is 20.1. The van der Waals surface area contributed by atoms with E-state index < -0.39 is 23.2 Å². The Morgan fingerprint density at radius 2 is 1.62 bits per heavy atom. The van der Waals surface area contributed by atoms with Crippen molar-refractivity contribution in [2.75, 3.05) is 0 Å². The van der Waals surface area contributed by atoms with Gasteiger partial charge in [-0.1, -0.05) is 0 Å². The number of carbonyl (C=O) groups is 2. The molecular formula is C6H6NO5S-. The summed E-state index contributed by atoms with van der Waals surface area (Å²) in [6.07, 6.45) is 0. The molecule has 1 atom stereocenters. The zero-order valence-corrected chi connectivity index (χ0v) is 7.71. The van der Waals surface area contributed by atoms with Gasteiger partial charge < -0.3 is 4.55 Å². The predicted molar refractivity (Wildman–Crippen MR) is 40.2 cm³/mol. The van der Waals surface area contributed by atoms with E-state index in [2.05, 4.69) is 4.28 Å². The Morgan fingerprint density at radius 3 is 1.92 bits per heavy atom. The smallest absolute Gasteiger partial charge is 0.282 e. The molecule has 1 aliphatic rings. The first-order valence-corrected chi connectivity index (χ1v) is 4.29. The Kier molecular flexibility index (Phi) is 2.60. The van der Waals surface area contributed by atoms with Crippen LogP contribution >= 0.6 is 0 Å². The van der Waals surface area contributed by atoms with Crippen molar-refractivity contribution in [1.29, 1.82) is 0 Å². The third kappa shape index (κ3) is 1.67. The molecule has 2 amide bonds. The highest BCUT2D eigenvalue weighted by Crippen LogP contribution is 2.19. The van der Waals surface area contributed by atoms with E-state index in [1.54, 1.807) is 0 Å². The lowest BCUT2D eigenvalue weighted by atomic mass is 10.2. The summed E-state index contributed by atoms with van der Waals surface area (Å²) in [4.78, 5) is 22.2. The first-order chi connectivity index (χ1) is 5.95. The van der Waals surface area contributed by atoms with Gasteiger partial charge in [-0.2, -0.15) is 4.28 Å². The Balaban J connectivity index is 2.91. The minimum atomic E-state index is -2.92. The van der Waals surface area contributed by atoms with E-state index in [9.17, 15) is 18.4 Å². The zero-order valence-electron chi connectivity index (χ0n) is 6.90. The van der Waals surface area contributed by atoms with Gasteiger partial charge in [0.15, 0.2) is 0 Å². The van der Waals surface area contributed by atoms with Crippen LogP contribution in [0, 0.1) is 0 Å². The van der Waals surface area contributed by atoms with Gasteiger partial charge in [0.1, 0.15) is 11.4 Å². The maximum Gasteiger partial charge on any atom is 0.282 e. The topological polar surface area (TPSA) is 86.7 Å². The number of hydrogen-bond acceptors (Lipinski definition) is 5. The lowest BCUT2D eigenvalue weighted by molar-refractivity contribution is -0.163. The van der Waals surface area contributed by atoms with Crippen LogP contribution in [0.25, 0.3) is 0 Å². The van der Waals surface area contributed by atoms with Gasteiger partial charge in [0.25, 0.3) is 11.8 Å². The number of hydroxylamine groups is 2. The molecule has 0 aromatic carbocycles. The van der Waals surface area contributed by atoms with Crippen LogP contribution in [0.2, 0.25) is 0 Å². The molecule has 1 unspecified atom stereocenters. The SMILES string of the molecule is CC1=C(C)C(=O)N(OS(=O)[O-])C1=O. The highest BCUT2D eigenvalue weighted by Gasteiger charge is 2.35. The van der Waals surface area contributed by atoms with Gasteiger partial charge in [-0.05, 0) is 13.8 Å².